The molecule has 1 N–H and O–H groups in total. The number of aromatic nitrogens is 2. The third-order valence-electron chi connectivity index (χ3n) is 3.02. The molecule has 1 aliphatic heterocycles. The molecule has 0 saturated carbocycles. The van der Waals surface area contributed by atoms with Gasteiger partial charge in [-0.05, 0) is 24.3 Å². The first kappa shape index (κ1) is 12.2. The lowest BCUT2D eigenvalue weighted by Crippen LogP contribution is -2.35. The molecule has 3 rings (SSSR count). The topological polar surface area (TPSA) is 79.9 Å². The Kier molecular flexibility index (Phi) is 3.09. The van der Waals surface area contributed by atoms with Gasteiger partial charge in [0.15, 0.2) is 0 Å². The van der Waals surface area contributed by atoms with Crippen molar-refractivity contribution in [2.45, 2.75) is 13.2 Å². The number of hydrogen-bond donors (Lipinski definition) is 1. The summed E-state index contributed by atoms with van der Waals surface area (Å²) in [5.74, 6) is 0.501. The molecular formula is C14H12N4O2. The van der Waals surface area contributed by atoms with Crippen LogP contribution in [0.4, 0.5) is 0 Å². The maximum atomic E-state index is 11.6. The highest BCUT2D eigenvalue weighted by Crippen LogP contribution is 2.15. The number of rotatable bonds is 3. The van der Waals surface area contributed by atoms with E-state index in [1.807, 2.05) is 0 Å². The van der Waals surface area contributed by atoms with Gasteiger partial charge in [0.1, 0.15) is 23.7 Å². The molecule has 2 heterocycles. The predicted molar refractivity (Wildman–Crippen MR) is 70.0 cm³/mol. The number of carbonyl (C=O) groups excluding carboxylic acids is 1. The molecule has 0 radical (unpaired) electrons. The van der Waals surface area contributed by atoms with Gasteiger partial charge in [-0.1, -0.05) is 6.07 Å². The van der Waals surface area contributed by atoms with Gasteiger partial charge in [-0.3, -0.25) is 9.48 Å². The molecule has 6 nitrogen and oxygen atoms in total. The molecule has 20 heavy (non-hydrogen) atoms. The first-order chi connectivity index (χ1) is 9.76. The van der Waals surface area contributed by atoms with E-state index in [0.29, 0.717) is 35.8 Å². The van der Waals surface area contributed by atoms with Gasteiger partial charge < -0.3 is 10.1 Å². The predicted octanol–water partition coefficient (Wildman–Crippen LogP) is 1.08. The van der Waals surface area contributed by atoms with Crippen LogP contribution in [-0.4, -0.2) is 22.2 Å². The summed E-state index contributed by atoms with van der Waals surface area (Å²) >= 11 is 0. The highest BCUT2D eigenvalue weighted by Gasteiger charge is 2.19. The van der Waals surface area contributed by atoms with Gasteiger partial charge in [0.05, 0.1) is 18.2 Å². The smallest absolute Gasteiger partial charge is 0.269 e. The van der Waals surface area contributed by atoms with E-state index in [1.54, 1.807) is 35.0 Å². The molecule has 0 atom stereocenters. The summed E-state index contributed by atoms with van der Waals surface area (Å²) in [7, 11) is 0. The number of ether oxygens (including phenoxy) is 1. The Labute approximate surface area is 115 Å². The summed E-state index contributed by atoms with van der Waals surface area (Å²) < 4.78 is 7.27. The van der Waals surface area contributed by atoms with E-state index in [-0.39, 0.29) is 12.5 Å². The minimum absolute atomic E-state index is 0.110. The second kappa shape index (κ2) is 5.05. The lowest BCUT2D eigenvalue weighted by molar-refractivity contribution is 0.0924. The molecule has 6 heteroatoms. The molecule has 100 valence electrons. The molecule has 1 amide bonds. The van der Waals surface area contributed by atoms with Crippen LogP contribution in [-0.2, 0) is 13.2 Å². The number of nitriles is 1. The quantitative estimate of drug-likeness (QED) is 0.903. The highest BCUT2D eigenvalue weighted by molar-refractivity contribution is 5.93. The summed E-state index contributed by atoms with van der Waals surface area (Å²) in [5.41, 5.74) is 1.80. The van der Waals surface area contributed by atoms with Crippen molar-refractivity contribution in [2.24, 2.45) is 0 Å². The average molecular weight is 268 g/mol. The normalized spacial score (nSPS) is 13.2. The van der Waals surface area contributed by atoms with Gasteiger partial charge in [-0.15, -0.1) is 0 Å². The van der Waals surface area contributed by atoms with Gasteiger partial charge in [0.25, 0.3) is 5.91 Å². The van der Waals surface area contributed by atoms with Crippen LogP contribution in [0, 0.1) is 11.3 Å². The minimum Gasteiger partial charge on any atom is -0.487 e. The van der Waals surface area contributed by atoms with E-state index < -0.39 is 0 Å². The summed E-state index contributed by atoms with van der Waals surface area (Å²) in [4.78, 5) is 11.6. The SMILES string of the molecule is N#Cc1cccc(OCc2cc3n(n2)CCNC3=O)c1. The third kappa shape index (κ3) is 2.34. The van der Waals surface area contributed by atoms with Crippen LogP contribution in [0.2, 0.25) is 0 Å². The number of nitrogens with one attached hydrogen (secondary N) is 1. The van der Waals surface area contributed by atoms with Gasteiger partial charge in [0, 0.05) is 6.54 Å². The molecule has 2 aromatic rings. The zero-order valence-electron chi connectivity index (χ0n) is 10.7. The van der Waals surface area contributed by atoms with Crippen LogP contribution < -0.4 is 10.1 Å². The Bertz CT molecular complexity index is 699. The fraction of sp³-hybridized carbons (Fsp3) is 0.214. The van der Waals surface area contributed by atoms with Gasteiger partial charge >= 0.3 is 0 Å². The summed E-state index contributed by atoms with van der Waals surface area (Å²) in [6.07, 6.45) is 0. The fourth-order valence-electron chi connectivity index (χ4n) is 2.07. The Hall–Kier alpha value is -2.81. The standard InChI is InChI=1S/C14H12N4O2/c15-8-10-2-1-3-12(6-10)20-9-11-7-13-14(19)16-4-5-18(13)17-11/h1-3,6-7H,4-5,9H2,(H,16,19). The first-order valence-corrected chi connectivity index (χ1v) is 6.24. The molecular weight excluding hydrogens is 256 g/mol. The van der Waals surface area contributed by atoms with Crippen molar-refractivity contribution in [3.8, 4) is 11.8 Å². The third-order valence-corrected chi connectivity index (χ3v) is 3.02. The Morgan fingerprint density at radius 1 is 1.45 bits per heavy atom. The van der Waals surface area contributed by atoms with Crippen molar-refractivity contribution >= 4 is 5.91 Å². The number of nitrogens with zero attached hydrogens (tertiary/aromatic N) is 3. The van der Waals surface area contributed by atoms with E-state index in [4.69, 9.17) is 10.00 Å². The zero-order chi connectivity index (χ0) is 13.9. The maximum Gasteiger partial charge on any atom is 0.269 e. The second-order valence-corrected chi connectivity index (χ2v) is 4.43. The molecule has 1 aliphatic rings. The molecule has 0 unspecified atom stereocenters. The summed E-state index contributed by atoms with van der Waals surface area (Å²) in [5, 5.41) is 15.9. The Morgan fingerprint density at radius 3 is 3.15 bits per heavy atom. The van der Waals surface area contributed by atoms with Crippen molar-refractivity contribution in [1.82, 2.24) is 15.1 Å². The van der Waals surface area contributed by atoms with Crippen molar-refractivity contribution < 1.29 is 9.53 Å². The summed E-state index contributed by atoms with van der Waals surface area (Å²) in [6.45, 7) is 1.53. The number of benzene rings is 1. The highest BCUT2D eigenvalue weighted by atomic mass is 16.5. The number of carbonyl (C=O) groups is 1. The van der Waals surface area contributed by atoms with Gasteiger partial charge in [0.2, 0.25) is 0 Å². The molecule has 0 spiro atoms. The monoisotopic (exact) mass is 268 g/mol. The summed E-state index contributed by atoms with van der Waals surface area (Å²) in [6, 6.07) is 10.7. The van der Waals surface area contributed by atoms with Gasteiger partial charge in [-0.25, -0.2) is 0 Å². The number of amides is 1. The molecule has 0 fully saturated rings. The van der Waals surface area contributed by atoms with Crippen LogP contribution in [0.3, 0.4) is 0 Å². The first-order valence-electron chi connectivity index (χ1n) is 6.24. The second-order valence-electron chi connectivity index (χ2n) is 4.43. The van der Waals surface area contributed by atoms with Crippen molar-refractivity contribution in [3.05, 3.63) is 47.3 Å². The Balaban J connectivity index is 1.72. The lowest BCUT2D eigenvalue weighted by atomic mass is 10.2. The van der Waals surface area contributed by atoms with Crippen LogP contribution in [0.25, 0.3) is 0 Å². The van der Waals surface area contributed by atoms with E-state index in [9.17, 15) is 4.79 Å². The van der Waals surface area contributed by atoms with E-state index >= 15 is 0 Å². The molecule has 1 aromatic heterocycles. The molecule has 1 aromatic carbocycles. The fourth-order valence-corrected chi connectivity index (χ4v) is 2.07. The Morgan fingerprint density at radius 2 is 2.35 bits per heavy atom. The largest absolute Gasteiger partial charge is 0.487 e. The van der Waals surface area contributed by atoms with Crippen molar-refractivity contribution in [2.75, 3.05) is 6.54 Å². The molecule has 0 saturated heterocycles. The number of hydrogen-bond acceptors (Lipinski definition) is 4. The van der Waals surface area contributed by atoms with Crippen molar-refractivity contribution in [3.63, 3.8) is 0 Å². The lowest BCUT2D eigenvalue weighted by Gasteiger charge is -2.13. The van der Waals surface area contributed by atoms with Gasteiger partial charge in [-0.2, -0.15) is 10.4 Å². The average Bonchev–Trinajstić information content (AvgIpc) is 2.90. The zero-order valence-corrected chi connectivity index (χ0v) is 10.7. The van der Waals surface area contributed by atoms with Crippen molar-refractivity contribution in [1.29, 1.82) is 5.26 Å². The van der Waals surface area contributed by atoms with Crippen LogP contribution in [0.1, 0.15) is 21.7 Å². The van der Waals surface area contributed by atoms with Crippen LogP contribution >= 0.6 is 0 Å². The molecule has 0 aliphatic carbocycles. The van der Waals surface area contributed by atoms with E-state index in [0.717, 1.165) is 0 Å². The molecule has 0 bridgehead atoms. The maximum absolute atomic E-state index is 11.6. The van der Waals surface area contributed by atoms with Crippen LogP contribution in [0.5, 0.6) is 5.75 Å². The van der Waals surface area contributed by atoms with Crippen LogP contribution in [0.15, 0.2) is 30.3 Å². The van der Waals surface area contributed by atoms with E-state index in [2.05, 4.69) is 16.5 Å². The minimum atomic E-state index is -0.110. The number of fused-ring (bicyclic) bond motifs is 1. The van der Waals surface area contributed by atoms with E-state index in [1.165, 1.54) is 0 Å².